The van der Waals surface area contributed by atoms with Crippen LogP contribution in [0.2, 0.25) is 5.02 Å². The third-order valence-electron chi connectivity index (χ3n) is 4.14. The van der Waals surface area contributed by atoms with Gasteiger partial charge in [-0.3, -0.25) is 4.99 Å². The smallest absolute Gasteiger partial charge is 0.0756 e. The molecule has 0 N–H and O–H groups in total. The SMILES string of the molecule is CC(C)c1ccc(C2CCC(c3ccccc3Cl)=N2)cc1. The highest BCUT2D eigenvalue weighted by Gasteiger charge is 2.21. The van der Waals surface area contributed by atoms with Gasteiger partial charge in [-0.15, -0.1) is 0 Å². The summed E-state index contributed by atoms with van der Waals surface area (Å²) in [5, 5.41) is 0.798. The number of hydrogen-bond donors (Lipinski definition) is 0. The topological polar surface area (TPSA) is 12.4 Å². The molecule has 0 saturated heterocycles. The first-order valence-electron chi connectivity index (χ1n) is 7.56. The van der Waals surface area contributed by atoms with Gasteiger partial charge in [0, 0.05) is 16.3 Å². The van der Waals surface area contributed by atoms with Gasteiger partial charge < -0.3 is 0 Å². The molecule has 2 aromatic rings. The van der Waals surface area contributed by atoms with E-state index in [4.69, 9.17) is 16.6 Å². The van der Waals surface area contributed by atoms with Crippen molar-refractivity contribution in [3.8, 4) is 0 Å². The van der Waals surface area contributed by atoms with E-state index in [0.29, 0.717) is 5.92 Å². The molecule has 108 valence electrons. The molecule has 1 aliphatic rings. The van der Waals surface area contributed by atoms with Crippen molar-refractivity contribution in [2.45, 2.75) is 38.6 Å². The van der Waals surface area contributed by atoms with Crippen molar-refractivity contribution in [1.29, 1.82) is 0 Å². The first-order valence-corrected chi connectivity index (χ1v) is 7.94. The van der Waals surface area contributed by atoms with E-state index in [2.05, 4.69) is 44.2 Å². The monoisotopic (exact) mass is 297 g/mol. The molecule has 0 aromatic heterocycles. The first kappa shape index (κ1) is 14.3. The Kier molecular flexibility index (Phi) is 4.12. The van der Waals surface area contributed by atoms with E-state index in [1.807, 2.05) is 18.2 Å². The van der Waals surface area contributed by atoms with E-state index in [1.54, 1.807) is 0 Å². The molecule has 0 radical (unpaired) electrons. The second-order valence-corrected chi connectivity index (χ2v) is 6.34. The van der Waals surface area contributed by atoms with Crippen LogP contribution in [0.4, 0.5) is 0 Å². The molecule has 2 heteroatoms. The van der Waals surface area contributed by atoms with Crippen molar-refractivity contribution >= 4 is 17.3 Å². The molecule has 1 nitrogen and oxygen atoms in total. The van der Waals surface area contributed by atoms with Crippen LogP contribution >= 0.6 is 11.6 Å². The van der Waals surface area contributed by atoms with Gasteiger partial charge in [0.05, 0.1) is 6.04 Å². The Bertz CT molecular complexity index is 656. The Balaban J connectivity index is 1.84. The van der Waals surface area contributed by atoms with Crippen LogP contribution < -0.4 is 0 Å². The summed E-state index contributed by atoms with van der Waals surface area (Å²) in [6, 6.07) is 17.1. The fraction of sp³-hybridized carbons (Fsp3) is 0.316. The fourth-order valence-electron chi connectivity index (χ4n) is 2.83. The lowest BCUT2D eigenvalue weighted by Crippen LogP contribution is -1.96. The highest BCUT2D eigenvalue weighted by molar-refractivity contribution is 6.34. The summed E-state index contributed by atoms with van der Waals surface area (Å²) in [6.07, 6.45) is 2.07. The van der Waals surface area contributed by atoms with Crippen LogP contribution in [0, 0.1) is 0 Å². The predicted octanol–water partition coefficient (Wildman–Crippen LogP) is 5.79. The van der Waals surface area contributed by atoms with Gasteiger partial charge in [-0.1, -0.05) is 67.9 Å². The Hall–Kier alpha value is -1.60. The third kappa shape index (κ3) is 3.03. The summed E-state index contributed by atoms with van der Waals surface area (Å²) in [5.74, 6) is 0.574. The van der Waals surface area contributed by atoms with Crippen molar-refractivity contribution in [2.75, 3.05) is 0 Å². The molecule has 1 unspecified atom stereocenters. The molecule has 0 saturated carbocycles. The molecule has 2 aromatic carbocycles. The third-order valence-corrected chi connectivity index (χ3v) is 4.47. The molecule has 0 spiro atoms. The maximum atomic E-state index is 6.27. The van der Waals surface area contributed by atoms with Gasteiger partial charge in [-0.05, 0) is 36.0 Å². The zero-order chi connectivity index (χ0) is 14.8. The van der Waals surface area contributed by atoms with E-state index < -0.39 is 0 Å². The first-order chi connectivity index (χ1) is 10.1. The van der Waals surface area contributed by atoms with Crippen LogP contribution in [0.15, 0.2) is 53.5 Å². The Morgan fingerprint density at radius 1 is 1.05 bits per heavy atom. The molecule has 21 heavy (non-hydrogen) atoms. The van der Waals surface area contributed by atoms with E-state index in [0.717, 1.165) is 29.1 Å². The van der Waals surface area contributed by atoms with Crippen molar-refractivity contribution in [2.24, 2.45) is 4.99 Å². The van der Waals surface area contributed by atoms with Crippen LogP contribution in [0.25, 0.3) is 0 Å². The molecular weight excluding hydrogens is 278 g/mol. The van der Waals surface area contributed by atoms with Gasteiger partial charge in [-0.25, -0.2) is 0 Å². The Morgan fingerprint density at radius 3 is 2.43 bits per heavy atom. The van der Waals surface area contributed by atoms with Gasteiger partial charge in [0.25, 0.3) is 0 Å². The highest BCUT2D eigenvalue weighted by atomic mass is 35.5. The summed E-state index contributed by atoms with van der Waals surface area (Å²) in [6.45, 7) is 4.44. The second-order valence-electron chi connectivity index (χ2n) is 5.93. The Morgan fingerprint density at radius 2 is 1.76 bits per heavy atom. The number of nitrogens with zero attached hydrogens (tertiary/aromatic N) is 1. The predicted molar refractivity (Wildman–Crippen MR) is 90.5 cm³/mol. The minimum Gasteiger partial charge on any atom is -0.281 e. The number of aliphatic imine (C=N–C) groups is 1. The average Bonchev–Trinajstić information content (AvgIpc) is 2.97. The van der Waals surface area contributed by atoms with Crippen LogP contribution in [0.5, 0.6) is 0 Å². The maximum absolute atomic E-state index is 6.27. The minimum atomic E-state index is 0.275. The number of halogens is 1. The van der Waals surface area contributed by atoms with Crippen molar-refractivity contribution in [1.82, 2.24) is 0 Å². The molecule has 0 fully saturated rings. The second kappa shape index (κ2) is 6.03. The quantitative estimate of drug-likeness (QED) is 0.680. The molecule has 1 aliphatic heterocycles. The molecule has 0 amide bonds. The number of rotatable bonds is 3. The summed E-state index contributed by atoms with van der Waals surface area (Å²) >= 11 is 6.27. The largest absolute Gasteiger partial charge is 0.281 e. The molecule has 1 heterocycles. The summed E-state index contributed by atoms with van der Waals surface area (Å²) in [5.41, 5.74) is 4.91. The molecule has 1 atom stereocenters. The standard InChI is InChI=1S/C19H20ClN/c1-13(2)14-7-9-15(10-8-14)18-11-12-19(21-18)16-5-3-4-6-17(16)20/h3-10,13,18H,11-12H2,1-2H3. The maximum Gasteiger partial charge on any atom is 0.0756 e. The number of benzene rings is 2. The Labute approximate surface area is 131 Å². The summed E-state index contributed by atoms with van der Waals surface area (Å²) < 4.78 is 0. The lowest BCUT2D eigenvalue weighted by molar-refractivity contribution is 0.722. The normalized spacial score (nSPS) is 18.1. The average molecular weight is 298 g/mol. The van der Waals surface area contributed by atoms with Gasteiger partial charge >= 0.3 is 0 Å². The summed E-state index contributed by atoms with van der Waals surface area (Å²) in [7, 11) is 0. The molecule has 3 rings (SSSR count). The van der Waals surface area contributed by atoms with Crippen LogP contribution in [0.1, 0.15) is 55.3 Å². The molecular formula is C19H20ClN. The summed E-state index contributed by atoms with van der Waals surface area (Å²) in [4.78, 5) is 4.90. The number of hydrogen-bond acceptors (Lipinski definition) is 1. The zero-order valence-electron chi connectivity index (χ0n) is 12.5. The van der Waals surface area contributed by atoms with Crippen LogP contribution in [-0.2, 0) is 0 Å². The highest BCUT2D eigenvalue weighted by Crippen LogP contribution is 2.33. The van der Waals surface area contributed by atoms with E-state index in [-0.39, 0.29) is 6.04 Å². The van der Waals surface area contributed by atoms with Crippen molar-refractivity contribution in [3.05, 3.63) is 70.2 Å². The molecule has 0 aliphatic carbocycles. The van der Waals surface area contributed by atoms with Gasteiger partial charge in [0.2, 0.25) is 0 Å². The van der Waals surface area contributed by atoms with Gasteiger partial charge in [-0.2, -0.15) is 0 Å². The molecule has 0 bridgehead atoms. The van der Waals surface area contributed by atoms with Crippen LogP contribution in [-0.4, -0.2) is 5.71 Å². The van der Waals surface area contributed by atoms with Gasteiger partial charge in [0.15, 0.2) is 0 Å². The van der Waals surface area contributed by atoms with Crippen molar-refractivity contribution in [3.63, 3.8) is 0 Å². The van der Waals surface area contributed by atoms with Crippen molar-refractivity contribution < 1.29 is 0 Å². The van der Waals surface area contributed by atoms with E-state index in [9.17, 15) is 0 Å². The fourth-order valence-corrected chi connectivity index (χ4v) is 3.08. The lowest BCUT2D eigenvalue weighted by Gasteiger charge is -2.10. The zero-order valence-corrected chi connectivity index (χ0v) is 13.3. The van der Waals surface area contributed by atoms with E-state index in [1.165, 1.54) is 11.1 Å². The van der Waals surface area contributed by atoms with E-state index >= 15 is 0 Å². The lowest BCUT2D eigenvalue weighted by atomic mass is 9.98. The van der Waals surface area contributed by atoms with Crippen LogP contribution in [0.3, 0.4) is 0 Å². The minimum absolute atomic E-state index is 0.275. The van der Waals surface area contributed by atoms with Gasteiger partial charge in [0.1, 0.15) is 0 Å².